The Morgan fingerprint density at radius 2 is 1.95 bits per heavy atom. The Morgan fingerprint density at radius 1 is 1.30 bits per heavy atom. The number of rotatable bonds is 3. The van der Waals surface area contributed by atoms with Gasteiger partial charge in [0, 0.05) is 11.3 Å². The molecule has 5 heteroatoms. The van der Waals surface area contributed by atoms with Gasteiger partial charge in [0.25, 0.3) is 0 Å². The number of carboxylic acid groups (broad SMARTS) is 1. The van der Waals surface area contributed by atoms with Crippen molar-refractivity contribution in [3.63, 3.8) is 0 Å². The van der Waals surface area contributed by atoms with Crippen molar-refractivity contribution < 1.29 is 15.0 Å². The van der Waals surface area contributed by atoms with E-state index in [0.29, 0.717) is 0 Å². The lowest BCUT2D eigenvalue weighted by Crippen LogP contribution is -2.25. The second kappa shape index (κ2) is 5.95. The Balaban J connectivity index is 2.37. The molecular formula is C15H24N2O3. The van der Waals surface area contributed by atoms with Crippen LogP contribution in [-0.2, 0) is 4.79 Å². The van der Waals surface area contributed by atoms with Crippen LogP contribution in [0.25, 0.3) is 0 Å². The van der Waals surface area contributed by atoms with E-state index in [1.54, 1.807) is 6.92 Å². The molecule has 3 unspecified atom stereocenters. The molecule has 1 heterocycles. The molecule has 0 aliphatic heterocycles. The van der Waals surface area contributed by atoms with Crippen LogP contribution >= 0.6 is 0 Å². The number of hydrogen-bond donors (Lipinski definition) is 2. The monoisotopic (exact) mass is 280 g/mol. The van der Waals surface area contributed by atoms with Crippen molar-refractivity contribution in [3.05, 3.63) is 17.0 Å². The highest BCUT2D eigenvalue weighted by Gasteiger charge is 2.29. The Hall–Kier alpha value is -1.36. The molecule has 0 radical (unpaired) electrons. The van der Waals surface area contributed by atoms with Gasteiger partial charge in [0.05, 0.1) is 23.8 Å². The number of carboxylic acids is 1. The van der Waals surface area contributed by atoms with Gasteiger partial charge >= 0.3 is 5.97 Å². The van der Waals surface area contributed by atoms with Gasteiger partial charge in [-0.15, -0.1) is 0 Å². The van der Waals surface area contributed by atoms with Crippen LogP contribution in [0.3, 0.4) is 0 Å². The Labute approximate surface area is 119 Å². The number of aryl methyl sites for hydroxylation is 1. The predicted molar refractivity (Wildman–Crippen MR) is 75.9 cm³/mol. The maximum Gasteiger partial charge on any atom is 0.310 e. The number of aromatic nitrogens is 2. The van der Waals surface area contributed by atoms with Crippen molar-refractivity contribution in [2.24, 2.45) is 0 Å². The quantitative estimate of drug-likeness (QED) is 0.834. The van der Waals surface area contributed by atoms with Crippen LogP contribution in [0.2, 0.25) is 0 Å². The van der Waals surface area contributed by atoms with Crippen molar-refractivity contribution in [1.29, 1.82) is 0 Å². The van der Waals surface area contributed by atoms with Crippen LogP contribution in [-0.4, -0.2) is 32.1 Å². The third kappa shape index (κ3) is 2.73. The zero-order valence-electron chi connectivity index (χ0n) is 12.5. The van der Waals surface area contributed by atoms with Crippen molar-refractivity contribution >= 4 is 5.97 Å². The highest BCUT2D eigenvalue weighted by Crippen LogP contribution is 2.32. The summed E-state index contributed by atoms with van der Waals surface area (Å²) in [5.41, 5.74) is 2.42. The topological polar surface area (TPSA) is 75.3 Å². The summed E-state index contributed by atoms with van der Waals surface area (Å²) in [6.07, 6.45) is 4.60. The molecule has 1 fully saturated rings. The lowest BCUT2D eigenvalue weighted by molar-refractivity contribution is -0.138. The standard InChI is InChI=1S/C15H24N2O3/c1-9(15(19)20)14-10(2)16-17(11(14)3)12-7-5-4-6-8-13(12)18/h9,12-13,18H,4-8H2,1-3H3,(H,19,20). The minimum Gasteiger partial charge on any atom is -0.481 e. The number of aliphatic carboxylic acids is 1. The summed E-state index contributed by atoms with van der Waals surface area (Å²) in [6, 6.07) is -0.0223. The van der Waals surface area contributed by atoms with Crippen molar-refractivity contribution in [2.45, 2.75) is 70.9 Å². The van der Waals surface area contributed by atoms with Gasteiger partial charge < -0.3 is 10.2 Å². The van der Waals surface area contributed by atoms with Crippen molar-refractivity contribution in [2.75, 3.05) is 0 Å². The minimum atomic E-state index is -0.836. The maximum absolute atomic E-state index is 11.2. The summed E-state index contributed by atoms with van der Waals surface area (Å²) in [7, 11) is 0. The molecule has 1 aromatic rings. The van der Waals surface area contributed by atoms with Crippen LogP contribution in [0.15, 0.2) is 0 Å². The first-order chi connectivity index (χ1) is 9.43. The van der Waals surface area contributed by atoms with E-state index in [0.717, 1.165) is 49.1 Å². The smallest absolute Gasteiger partial charge is 0.310 e. The number of aliphatic hydroxyl groups is 1. The lowest BCUT2D eigenvalue weighted by Gasteiger charge is -2.22. The average Bonchev–Trinajstić information content (AvgIpc) is 2.56. The highest BCUT2D eigenvalue weighted by atomic mass is 16.4. The largest absolute Gasteiger partial charge is 0.481 e. The third-order valence-corrected chi connectivity index (χ3v) is 4.44. The average molecular weight is 280 g/mol. The van der Waals surface area contributed by atoms with Crippen LogP contribution in [0, 0.1) is 13.8 Å². The first-order valence-corrected chi connectivity index (χ1v) is 7.40. The minimum absolute atomic E-state index is 0.0223. The van der Waals surface area contributed by atoms with E-state index in [2.05, 4.69) is 5.10 Å². The molecule has 1 aromatic heterocycles. The first kappa shape index (κ1) is 15.0. The molecule has 0 aromatic carbocycles. The van der Waals surface area contributed by atoms with E-state index in [4.69, 9.17) is 0 Å². The predicted octanol–water partition coefficient (Wildman–Crippen LogP) is 2.55. The van der Waals surface area contributed by atoms with Crippen LogP contribution in [0.4, 0.5) is 0 Å². The number of hydrogen-bond acceptors (Lipinski definition) is 3. The van der Waals surface area contributed by atoms with Gasteiger partial charge in [-0.25, -0.2) is 0 Å². The molecule has 0 spiro atoms. The molecule has 1 saturated carbocycles. The zero-order valence-corrected chi connectivity index (χ0v) is 12.5. The van der Waals surface area contributed by atoms with Crippen molar-refractivity contribution in [3.8, 4) is 0 Å². The fraction of sp³-hybridized carbons (Fsp3) is 0.733. The van der Waals surface area contributed by atoms with E-state index < -0.39 is 11.9 Å². The van der Waals surface area contributed by atoms with Crippen LogP contribution in [0.5, 0.6) is 0 Å². The number of aliphatic hydroxyl groups excluding tert-OH is 1. The second-order valence-electron chi connectivity index (χ2n) is 5.86. The molecule has 0 bridgehead atoms. The summed E-state index contributed by atoms with van der Waals surface area (Å²) >= 11 is 0. The van der Waals surface area contributed by atoms with Crippen LogP contribution in [0.1, 0.15) is 67.9 Å². The van der Waals surface area contributed by atoms with E-state index in [9.17, 15) is 15.0 Å². The summed E-state index contributed by atoms with van der Waals surface area (Å²) in [4.78, 5) is 11.2. The molecule has 5 nitrogen and oxygen atoms in total. The molecule has 112 valence electrons. The first-order valence-electron chi connectivity index (χ1n) is 7.40. The molecule has 0 saturated heterocycles. The van der Waals surface area contributed by atoms with E-state index in [-0.39, 0.29) is 12.1 Å². The Kier molecular flexibility index (Phi) is 4.48. The van der Waals surface area contributed by atoms with E-state index >= 15 is 0 Å². The van der Waals surface area contributed by atoms with Gasteiger partial charge in [0.15, 0.2) is 0 Å². The molecule has 2 rings (SSSR count). The van der Waals surface area contributed by atoms with Gasteiger partial charge in [-0.2, -0.15) is 5.10 Å². The lowest BCUT2D eigenvalue weighted by atomic mass is 9.99. The van der Waals surface area contributed by atoms with Gasteiger partial charge in [-0.3, -0.25) is 9.48 Å². The molecule has 1 aliphatic carbocycles. The third-order valence-electron chi connectivity index (χ3n) is 4.44. The molecular weight excluding hydrogens is 256 g/mol. The summed E-state index contributed by atoms with van der Waals surface area (Å²) in [6.45, 7) is 5.45. The van der Waals surface area contributed by atoms with Gasteiger partial charge in [-0.05, 0) is 33.6 Å². The van der Waals surface area contributed by atoms with Crippen molar-refractivity contribution in [1.82, 2.24) is 9.78 Å². The van der Waals surface area contributed by atoms with Gasteiger partial charge in [0.1, 0.15) is 0 Å². The summed E-state index contributed by atoms with van der Waals surface area (Å²) < 4.78 is 1.86. The van der Waals surface area contributed by atoms with Gasteiger partial charge in [-0.1, -0.05) is 19.3 Å². The summed E-state index contributed by atoms with van der Waals surface area (Å²) in [5, 5.41) is 24.0. The van der Waals surface area contributed by atoms with Gasteiger partial charge in [0.2, 0.25) is 0 Å². The Morgan fingerprint density at radius 3 is 2.60 bits per heavy atom. The molecule has 3 atom stereocenters. The second-order valence-corrected chi connectivity index (χ2v) is 5.86. The fourth-order valence-electron chi connectivity index (χ4n) is 3.30. The van der Waals surface area contributed by atoms with E-state index in [1.807, 2.05) is 18.5 Å². The molecule has 20 heavy (non-hydrogen) atoms. The fourth-order valence-corrected chi connectivity index (χ4v) is 3.30. The molecule has 0 amide bonds. The normalized spacial score (nSPS) is 25.2. The molecule has 2 N–H and O–H groups in total. The van der Waals surface area contributed by atoms with Crippen LogP contribution < -0.4 is 0 Å². The number of nitrogens with zero attached hydrogens (tertiary/aromatic N) is 2. The molecule has 1 aliphatic rings. The zero-order chi connectivity index (χ0) is 14.9. The summed E-state index contributed by atoms with van der Waals surface area (Å²) in [5.74, 6) is -1.40. The maximum atomic E-state index is 11.2. The Bertz CT molecular complexity index is 496. The highest BCUT2D eigenvalue weighted by molar-refractivity contribution is 5.76. The van der Waals surface area contributed by atoms with E-state index in [1.165, 1.54) is 0 Å². The SMILES string of the molecule is Cc1nn(C2CCCCCC2O)c(C)c1C(C)C(=O)O. The number of carbonyl (C=O) groups is 1.